The summed E-state index contributed by atoms with van der Waals surface area (Å²) in [5.41, 5.74) is 0.998. The molecular formula is C19H34O2. The summed E-state index contributed by atoms with van der Waals surface area (Å²) in [6.07, 6.45) is 10.00. The molecule has 122 valence electrons. The van der Waals surface area contributed by atoms with Gasteiger partial charge in [-0.3, -0.25) is 4.79 Å². The Morgan fingerprint density at radius 2 is 1.86 bits per heavy atom. The number of carbonyl (C=O) groups is 1. The molecule has 2 nitrogen and oxygen atoms in total. The number of ether oxygens (including phenoxy) is 1. The highest BCUT2D eigenvalue weighted by molar-refractivity contribution is 5.90. The van der Waals surface area contributed by atoms with Crippen LogP contribution in [0, 0.1) is 11.8 Å². The minimum absolute atomic E-state index is 0.0462. The first-order valence-electron chi connectivity index (χ1n) is 8.15. The molecular weight excluding hydrogens is 260 g/mol. The maximum atomic E-state index is 11.3. The van der Waals surface area contributed by atoms with Crippen LogP contribution in [-0.4, -0.2) is 18.5 Å². The number of methoxy groups -OCH3 is 1. The lowest BCUT2D eigenvalue weighted by molar-refractivity contribution is -0.114. The summed E-state index contributed by atoms with van der Waals surface area (Å²) in [6.45, 7) is 12.7. The highest BCUT2D eigenvalue weighted by Crippen LogP contribution is 2.26. The second kappa shape index (κ2) is 9.94. The first-order valence-corrected chi connectivity index (χ1v) is 8.15. The number of carbonyl (C=O) groups excluding carboxylic acids is 1. The molecule has 0 bridgehead atoms. The molecule has 0 N–H and O–H groups in total. The van der Waals surface area contributed by atoms with Gasteiger partial charge in [0.05, 0.1) is 5.60 Å². The van der Waals surface area contributed by atoms with E-state index >= 15 is 0 Å². The van der Waals surface area contributed by atoms with Crippen molar-refractivity contribution in [1.82, 2.24) is 0 Å². The van der Waals surface area contributed by atoms with Crippen molar-refractivity contribution in [3.8, 4) is 0 Å². The molecule has 0 rings (SSSR count). The van der Waals surface area contributed by atoms with Gasteiger partial charge in [-0.25, -0.2) is 0 Å². The van der Waals surface area contributed by atoms with E-state index in [1.54, 1.807) is 13.2 Å². The molecule has 2 heteroatoms. The van der Waals surface area contributed by atoms with Gasteiger partial charge in [0.15, 0.2) is 5.78 Å². The molecule has 0 aliphatic heterocycles. The van der Waals surface area contributed by atoms with Crippen LogP contribution >= 0.6 is 0 Å². The van der Waals surface area contributed by atoms with E-state index in [4.69, 9.17) is 4.74 Å². The molecule has 0 spiro atoms. The summed E-state index contributed by atoms with van der Waals surface area (Å²) in [6, 6.07) is 0. The first-order chi connectivity index (χ1) is 9.72. The fourth-order valence-electron chi connectivity index (χ4n) is 2.09. The zero-order valence-corrected chi connectivity index (χ0v) is 15.0. The van der Waals surface area contributed by atoms with E-state index in [1.807, 2.05) is 13.8 Å². The molecule has 2 unspecified atom stereocenters. The van der Waals surface area contributed by atoms with Crippen LogP contribution in [0.4, 0.5) is 0 Å². The minimum atomic E-state index is -0.0462. The van der Waals surface area contributed by atoms with Gasteiger partial charge in [0.1, 0.15) is 0 Å². The Balaban J connectivity index is 4.14. The van der Waals surface area contributed by atoms with E-state index in [0.29, 0.717) is 18.3 Å². The molecule has 0 radical (unpaired) electrons. The molecule has 0 aliphatic rings. The van der Waals surface area contributed by atoms with Crippen molar-refractivity contribution in [2.45, 2.75) is 72.8 Å². The summed E-state index contributed by atoms with van der Waals surface area (Å²) in [5, 5.41) is 0. The second-order valence-electron chi connectivity index (χ2n) is 6.74. The Bertz CT molecular complexity index is 364. The minimum Gasteiger partial charge on any atom is -0.379 e. The predicted octanol–water partition coefficient (Wildman–Crippen LogP) is 5.34. The fourth-order valence-corrected chi connectivity index (χ4v) is 2.09. The third-order valence-electron chi connectivity index (χ3n) is 4.46. The van der Waals surface area contributed by atoms with Crippen LogP contribution in [-0.2, 0) is 9.53 Å². The Morgan fingerprint density at radius 3 is 2.38 bits per heavy atom. The molecule has 0 aromatic heterocycles. The molecule has 0 saturated carbocycles. The highest BCUT2D eigenvalue weighted by Gasteiger charge is 2.24. The van der Waals surface area contributed by atoms with Gasteiger partial charge in [-0.1, -0.05) is 39.3 Å². The van der Waals surface area contributed by atoms with E-state index in [2.05, 4.69) is 39.8 Å². The van der Waals surface area contributed by atoms with Gasteiger partial charge in [-0.05, 0) is 57.1 Å². The van der Waals surface area contributed by atoms with Gasteiger partial charge in [0.2, 0.25) is 0 Å². The van der Waals surface area contributed by atoms with Gasteiger partial charge in [0.25, 0.3) is 0 Å². The molecule has 0 aromatic carbocycles. The van der Waals surface area contributed by atoms with Crippen molar-refractivity contribution in [2.75, 3.05) is 7.11 Å². The zero-order chi connectivity index (χ0) is 16.5. The van der Waals surface area contributed by atoms with Crippen LogP contribution in [0.3, 0.4) is 0 Å². The maximum Gasteiger partial charge on any atom is 0.155 e. The van der Waals surface area contributed by atoms with E-state index < -0.39 is 0 Å². The maximum absolute atomic E-state index is 11.3. The summed E-state index contributed by atoms with van der Waals surface area (Å²) >= 11 is 0. The summed E-state index contributed by atoms with van der Waals surface area (Å²) in [4.78, 5) is 11.3. The lowest BCUT2D eigenvalue weighted by atomic mass is 9.85. The SMILES string of the molecule is CCC(=O)C=C(C)C=CCC(C)CCC(C)C(C)(C)OC. The molecule has 0 fully saturated rings. The second-order valence-corrected chi connectivity index (χ2v) is 6.74. The van der Waals surface area contributed by atoms with Gasteiger partial charge < -0.3 is 4.74 Å². The monoisotopic (exact) mass is 294 g/mol. The van der Waals surface area contributed by atoms with Crippen molar-refractivity contribution in [3.63, 3.8) is 0 Å². The number of rotatable bonds is 10. The van der Waals surface area contributed by atoms with Gasteiger partial charge in [-0.2, -0.15) is 0 Å². The van der Waals surface area contributed by atoms with Crippen LogP contribution in [0.1, 0.15) is 67.2 Å². The average molecular weight is 294 g/mol. The average Bonchev–Trinajstić information content (AvgIpc) is 2.44. The van der Waals surface area contributed by atoms with E-state index in [9.17, 15) is 4.79 Å². The molecule has 0 amide bonds. The Hall–Kier alpha value is -0.890. The first kappa shape index (κ1) is 20.1. The number of allylic oxidation sites excluding steroid dienone is 4. The third kappa shape index (κ3) is 8.87. The van der Waals surface area contributed by atoms with E-state index in [0.717, 1.165) is 12.0 Å². The lowest BCUT2D eigenvalue weighted by Gasteiger charge is -2.31. The summed E-state index contributed by atoms with van der Waals surface area (Å²) in [5.74, 6) is 1.41. The van der Waals surface area contributed by atoms with Crippen molar-refractivity contribution < 1.29 is 9.53 Å². The van der Waals surface area contributed by atoms with E-state index in [-0.39, 0.29) is 11.4 Å². The van der Waals surface area contributed by atoms with E-state index in [1.165, 1.54) is 12.8 Å². The predicted molar refractivity (Wildman–Crippen MR) is 91.5 cm³/mol. The number of ketones is 1. The van der Waals surface area contributed by atoms with Gasteiger partial charge in [-0.15, -0.1) is 0 Å². The van der Waals surface area contributed by atoms with Gasteiger partial charge in [0, 0.05) is 13.5 Å². The van der Waals surface area contributed by atoms with Crippen molar-refractivity contribution in [1.29, 1.82) is 0 Å². The van der Waals surface area contributed by atoms with Crippen molar-refractivity contribution in [2.24, 2.45) is 11.8 Å². The largest absolute Gasteiger partial charge is 0.379 e. The van der Waals surface area contributed by atoms with Crippen LogP contribution in [0.5, 0.6) is 0 Å². The van der Waals surface area contributed by atoms with Crippen molar-refractivity contribution >= 4 is 5.78 Å². The van der Waals surface area contributed by atoms with Crippen LogP contribution in [0.2, 0.25) is 0 Å². The van der Waals surface area contributed by atoms with Crippen LogP contribution < -0.4 is 0 Å². The van der Waals surface area contributed by atoms with Gasteiger partial charge >= 0.3 is 0 Å². The molecule has 0 aliphatic carbocycles. The Kier molecular flexibility index (Phi) is 9.52. The zero-order valence-electron chi connectivity index (χ0n) is 15.0. The normalized spacial score (nSPS) is 16.2. The fraction of sp³-hybridized carbons (Fsp3) is 0.737. The van der Waals surface area contributed by atoms with Crippen LogP contribution in [0.25, 0.3) is 0 Å². The van der Waals surface area contributed by atoms with Crippen molar-refractivity contribution in [3.05, 3.63) is 23.8 Å². The molecule has 2 atom stereocenters. The molecule has 0 saturated heterocycles. The lowest BCUT2D eigenvalue weighted by Crippen LogP contribution is -2.31. The summed E-state index contributed by atoms with van der Waals surface area (Å²) < 4.78 is 5.54. The molecule has 0 aromatic rings. The summed E-state index contributed by atoms with van der Waals surface area (Å²) in [7, 11) is 1.79. The highest BCUT2D eigenvalue weighted by atomic mass is 16.5. The topological polar surface area (TPSA) is 26.3 Å². The molecule has 0 heterocycles. The molecule has 21 heavy (non-hydrogen) atoms. The smallest absolute Gasteiger partial charge is 0.155 e. The van der Waals surface area contributed by atoms with Crippen LogP contribution in [0.15, 0.2) is 23.8 Å². The standard InChI is InChI=1S/C19H34O2/c1-8-18(20)14-16(3)11-9-10-15(2)12-13-17(4)19(5,6)21-7/h9,11,14-15,17H,8,10,12-13H2,1-7H3. The Labute approximate surface area is 131 Å². The third-order valence-corrected chi connectivity index (χ3v) is 4.46. The number of hydrogen-bond donors (Lipinski definition) is 0. The Morgan fingerprint density at radius 1 is 1.24 bits per heavy atom. The quantitative estimate of drug-likeness (QED) is 0.402. The number of hydrogen-bond acceptors (Lipinski definition) is 2.